The topological polar surface area (TPSA) is 109 Å². The number of ketones is 1. The second kappa shape index (κ2) is 9.41. The summed E-state index contributed by atoms with van der Waals surface area (Å²) in [5.74, 6) is -1.33. The first-order chi connectivity index (χ1) is 16.5. The number of benzene rings is 1. The van der Waals surface area contributed by atoms with Crippen molar-refractivity contribution >= 4 is 51.5 Å². The number of hydrogen-bond acceptors (Lipinski definition) is 9. The van der Waals surface area contributed by atoms with Crippen molar-refractivity contribution < 1.29 is 19.1 Å². The second-order valence-electron chi connectivity index (χ2n) is 7.20. The molecule has 0 saturated heterocycles. The van der Waals surface area contributed by atoms with E-state index in [4.69, 9.17) is 16.0 Å². The highest BCUT2D eigenvalue weighted by Gasteiger charge is 2.46. The first-order valence-corrected chi connectivity index (χ1v) is 12.2. The van der Waals surface area contributed by atoms with Gasteiger partial charge in [0.2, 0.25) is 10.9 Å². The van der Waals surface area contributed by atoms with Crippen molar-refractivity contribution in [2.45, 2.75) is 16.1 Å². The van der Waals surface area contributed by atoms with Crippen LogP contribution in [0, 0.1) is 0 Å². The van der Waals surface area contributed by atoms with Gasteiger partial charge in [0.25, 0.3) is 5.91 Å². The number of amides is 1. The number of aromatic nitrogens is 3. The molecule has 8 nitrogen and oxygen atoms in total. The number of Topliss-reactive ketones (excluding diaryl/α,β-unsaturated/α-hetero) is 1. The van der Waals surface area contributed by atoms with E-state index in [9.17, 15) is 14.7 Å². The van der Waals surface area contributed by atoms with E-state index in [1.807, 2.05) is 24.3 Å². The van der Waals surface area contributed by atoms with Gasteiger partial charge in [-0.1, -0.05) is 52.9 Å². The summed E-state index contributed by atoms with van der Waals surface area (Å²) in [5, 5.41) is 20.0. The van der Waals surface area contributed by atoms with Crippen LogP contribution in [0.4, 0.5) is 5.13 Å². The van der Waals surface area contributed by atoms with E-state index in [0.717, 1.165) is 5.56 Å². The van der Waals surface area contributed by atoms with Crippen molar-refractivity contribution in [1.82, 2.24) is 15.2 Å². The molecule has 1 amide bonds. The van der Waals surface area contributed by atoms with E-state index in [1.165, 1.54) is 46.5 Å². The number of thioether (sulfide) groups is 1. The molecule has 0 bridgehead atoms. The van der Waals surface area contributed by atoms with Gasteiger partial charge in [0.15, 0.2) is 15.9 Å². The molecule has 0 spiro atoms. The normalized spacial score (nSPS) is 15.9. The number of pyridine rings is 1. The Morgan fingerprint density at radius 1 is 1.18 bits per heavy atom. The highest BCUT2D eigenvalue weighted by atomic mass is 35.5. The summed E-state index contributed by atoms with van der Waals surface area (Å²) in [6, 6.07) is 13.0. The SMILES string of the molecule is O=C(C1=C(O)C(=O)N(c2nnc(SCc3ccc(Cl)cc3)s2)C1c1cccnc1)c1ccco1. The quantitative estimate of drug-likeness (QED) is 0.204. The third kappa shape index (κ3) is 4.23. The first kappa shape index (κ1) is 22.3. The van der Waals surface area contributed by atoms with Crippen LogP contribution in [-0.4, -0.2) is 32.0 Å². The summed E-state index contributed by atoms with van der Waals surface area (Å²) in [6.45, 7) is 0. The lowest BCUT2D eigenvalue weighted by Gasteiger charge is -2.23. The molecular weight excluding hydrogens is 496 g/mol. The number of aliphatic hydroxyl groups excluding tert-OH is 1. The van der Waals surface area contributed by atoms with Gasteiger partial charge in [-0.2, -0.15) is 0 Å². The molecule has 4 aromatic rings. The Morgan fingerprint density at radius 2 is 2.00 bits per heavy atom. The van der Waals surface area contributed by atoms with E-state index in [0.29, 0.717) is 20.7 Å². The highest BCUT2D eigenvalue weighted by Crippen LogP contribution is 2.43. The number of nitrogens with zero attached hydrogens (tertiary/aromatic N) is 4. The summed E-state index contributed by atoms with van der Waals surface area (Å²) < 4.78 is 5.86. The molecule has 1 aliphatic heterocycles. The van der Waals surface area contributed by atoms with Crippen LogP contribution in [0.5, 0.6) is 0 Å². The smallest absolute Gasteiger partial charge is 0.296 e. The van der Waals surface area contributed by atoms with Crippen LogP contribution in [-0.2, 0) is 10.5 Å². The Hall–Kier alpha value is -3.47. The van der Waals surface area contributed by atoms with Crippen molar-refractivity contribution in [3.8, 4) is 0 Å². The fourth-order valence-corrected chi connectivity index (χ4v) is 5.46. The first-order valence-electron chi connectivity index (χ1n) is 9.98. The molecule has 34 heavy (non-hydrogen) atoms. The minimum absolute atomic E-state index is 0.0153. The lowest BCUT2D eigenvalue weighted by atomic mass is 9.96. The molecule has 4 heterocycles. The molecule has 1 unspecified atom stereocenters. The molecule has 0 saturated carbocycles. The van der Waals surface area contributed by atoms with Gasteiger partial charge in [-0.15, -0.1) is 10.2 Å². The number of aliphatic hydroxyl groups is 1. The average molecular weight is 511 g/mol. The Balaban J connectivity index is 1.46. The monoisotopic (exact) mass is 510 g/mol. The van der Waals surface area contributed by atoms with Crippen LogP contribution in [0.2, 0.25) is 5.02 Å². The molecule has 3 aromatic heterocycles. The molecule has 0 fully saturated rings. The number of anilines is 1. The van der Waals surface area contributed by atoms with E-state index < -0.39 is 23.5 Å². The maximum atomic E-state index is 13.2. The number of rotatable bonds is 7. The third-order valence-corrected chi connectivity index (χ3v) is 7.45. The Morgan fingerprint density at radius 3 is 2.71 bits per heavy atom. The number of carbonyl (C=O) groups excluding carboxylic acids is 2. The van der Waals surface area contributed by atoms with Crippen molar-refractivity contribution in [1.29, 1.82) is 0 Å². The molecule has 1 N–H and O–H groups in total. The van der Waals surface area contributed by atoms with Crippen LogP contribution in [0.3, 0.4) is 0 Å². The van der Waals surface area contributed by atoms with Gasteiger partial charge in [-0.05, 0) is 41.5 Å². The summed E-state index contributed by atoms with van der Waals surface area (Å²) in [6.07, 6.45) is 4.47. The van der Waals surface area contributed by atoms with Crippen LogP contribution in [0.25, 0.3) is 0 Å². The van der Waals surface area contributed by atoms with Crippen LogP contribution < -0.4 is 4.90 Å². The molecule has 1 aromatic carbocycles. The Kier molecular flexibility index (Phi) is 6.18. The van der Waals surface area contributed by atoms with Gasteiger partial charge in [-0.3, -0.25) is 19.5 Å². The Bertz CT molecular complexity index is 1370. The predicted molar refractivity (Wildman–Crippen MR) is 128 cm³/mol. The van der Waals surface area contributed by atoms with E-state index in [-0.39, 0.29) is 16.5 Å². The molecule has 1 aliphatic rings. The second-order valence-corrected chi connectivity index (χ2v) is 9.81. The highest BCUT2D eigenvalue weighted by molar-refractivity contribution is 8.00. The summed E-state index contributed by atoms with van der Waals surface area (Å²) in [5.41, 5.74) is 1.50. The van der Waals surface area contributed by atoms with Crippen molar-refractivity contribution in [2.75, 3.05) is 4.90 Å². The predicted octanol–water partition coefficient (Wildman–Crippen LogP) is 5.25. The Labute approximate surface area is 206 Å². The third-order valence-electron chi connectivity index (χ3n) is 5.08. The van der Waals surface area contributed by atoms with E-state index in [2.05, 4.69) is 15.2 Å². The molecule has 0 aliphatic carbocycles. The van der Waals surface area contributed by atoms with Gasteiger partial charge in [0, 0.05) is 23.2 Å². The standard InChI is InChI=1S/C23H15ClN4O4S2/c24-15-7-5-13(6-8-15)12-33-23-27-26-22(34-23)28-18(14-3-1-9-25-11-14)17(20(30)21(28)31)19(29)16-4-2-10-32-16/h1-11,18,30H,12H2. The fraction of sp³-hybridized carbons (Fsp3) is 0.0870. The van der Waals surface area contributed by atoms with Gasteiger partial charge in [-0.25, -0.2) is 0 Å². The van der Waals surface area contributed by atoms with Crippen LogP contribution >= 0.6 is 34.7 Å². The van der Waals surface area contributed by atoms with E-state index >= 15 is 0 Å². The van der Waals surface area contributed by atoms with Crippen LogP contribution in [0.1, 0.15) is 27.7 Å². The van der Waals surface area contributed by atoms with Crippen LogP contribution in [0.15, 0.2) is 87.3 Å². The van der Waals surface area contributed by atoms with Gasteiger partial charge in [0.1, 0.15) is 0 Å². The molecule has 1 atom stereocenters. The lowest BCUT2D eigenvalue weighted by molar-refractivity contribution is -0.117. The summed E-state index contributed by atoms with van der Waals surface area (Å²) in [4.78, 5) is 31.7. The zero-order valence-corrected chi connectivity index (χ0v) is 19.7. The molecule has 0 radical (unpaired) electrons. The number of furan rings is 1. The maximum absolute atomic E-state index is 13.2. The van der Waals surface area contributed by atoms with Crippen molar-refractivity contribution in [2.24, 2.45) is 0 Å². The number of halogens is 1. The molecule has 5 rings (SSSR count). The largest absolute Gasteiger partial charge is 0.503 e. The zero-order valence-electron chi connectivity index (χ0n) is 17.3. The minimum atomic E-state index is -0.930. The van der Waals surface area contributed by atoms with E-state index in [1.54, 1.807) is 24.4 Å². The molecule has 11 heteroatoms. The van der Waals surface area contributed by atoms with Crippen molar-refractivity contribution in [3.63, 3.8) is 0 Å². The minimum Gasteiger partial charge on any atom is -0.503 e. The van der Waals surface area contributed by atoms with Gasteiger partial charge >= 0.3 is 0 Å². The zero-order chi connectivity index (χ0) is 23.7. The number of carbonyl (C=O) groups is 2. The summed E-state index contributed by atoms with van der Waals surface area (Å²) in [7, 11) is 0. The number of hydrogen-bond donors (Lipinski definition) is 1. The van der Waals surface area contributed by atoms with Gasteiger partial charge in [0.05, 0.1) is 17.9 Å². The lowest BCUT2D eigenvalue weighted by Crippen LogP contribution is -2.31. The van der Waals surface area contributed by atoms with Gasteiger partial charge < -0.3 is 9.52 Å². The summed E-state index contributed by atoms with van der Waals surface area (Å²) >= 11 is 8.59. The fourth-order valence-electron chi connectivity index (χ4n) is 3.51. The average Bonchev–Trinajstić information content (AvgIpc) is 3.60. The molecular formula is C23H15ClN4O4S2. The van der Waals surface area contributed by atoms with Crippen molar-refractivity contribution in [3.05, 3.63) is 100 Å². The maximum Gasteiger partial charge on any atom is 0.296 e. The molecule has 170 valence electrons.